The summed E-state index contributed by atoms with van der Waals surface area (Å²) in [6, 6.07) is 0. The molecule has 1 rings (SSSR count). The van der Waals surface area contributed by atoms with Crippen LogP contribution in [0.2, 0.25) is 0 Å². The summed E-state index contributed by atoms with van der Waals surface area (Å²) >= 11 is 3.19. The highest BCUT2D eigenvalue weighted by atomic mass is 79.9. The molecule has 88 valence electrons. The summed E-state index contributed by atoms with van der Waals surface area (Å²) < 4.78 is 5.72. The Bertz CT molecular complexity index is 402. The van der Waals surface area contributed by atoms with Crippen molar-refractivity contribution in [2.24, 2.45) is 0 Å². The van der Waals surface area contributed by atoms with Crippen molar-refractivity contribution in [2.45, 2.75) is 33.3 Å². The fourth-order valence-corrected chi connectivity index (χ4v) is 1.34. The van der Waals surface area contributed by atoms with Crippen LogP contribution >= 0.6 is 15.9 Å². The quantitative estimate of drug-likeness (QED) is 0.863. The number of aromatic nitrogens is 2. The number of nitrogens with one attached hydrogen (secondary N) is 1. The van der Waals surface area contributed by atoms with Crippen LogP contribution < -0.4 is 5.32 Å². The van der Waals surface area contributed by atoms with Gasteiger partial charge < -0.3 is 4.74 Å². The summed E-state index contributed by atoms with van der Waals surface area (Å²) in [4.78, 5) is 19.6. The minimum atomic E-state index is -0.535. The van der Waals surface area contributed by atoms with E-state index in [1.165, 1.54) is 6.20 Å². The van der Waals surface area contributed by atoms with Crippen LogP contribution in [0.25, 0.3) is 0 Å². The molecule has 1 aromatic rings. The van der Waals surface area contributed by atoms with Gasteiger partial charge in [-0.2, -0.15) is 0 Å². The molecule has 0 saturated carbocycles. The van der Waals surface area contributed by atoms with Crippen LogP contribution in [0.4, 0.5) is 10.6 Å². The molecule has 0 aliphatic rings. The largest absolute Gasteiger partial charge is 0.444 e. The van der Waals surface area contributed by atoms with Crippen molar-refractivity contribution < 1.29 is 9.53 Å². The van der Waals surface area contributed by atoms with Gasteiger partial charge in [-0.15, -0.1) is 0 Å². The number of hydrogen-bond donors (Lipinski definition) is 1. The molecule has 16 heavy (non-hydrogen) atoms. The minimum absolute atomic E-state index is 0.400. The zero-order valence-corrected chi connectivity index (χ0v) is 11.3. The van der Waals surface area contributed by atoms with Crippen molar-refractivity contribution >= 4 is 27.8 Å². The zero-order chi connectivity index (χ0) is 12.3. The molecule has 1 aromatic heterocycles. The van der Waals surface area contributed by atoms with Crippen molar-refractivity contribution in [3.63, 3.8) is 0 Å². The molecule has 1 heterocycles. The van der Waals surface area contributed by atoms with E-state index in [0.29, 0.717) is 16.1 Å². The highest BCUT2D eigenvalue weighted by Crippen LogP contribution is 2.14. The molecule has 0 unspecified atom stereocenters. The number of anilines is 1. The molecule has 1 N–H and O–H groups in total. The molecule has 0 aliphatic carbocycles. The van der Waals surface area contributed by atoms with E-state index in [1.807, 2.05) is 0 Å². The molecule has 0 saturated heterocycles. The van der Waals surface area contributed by atoms with Gasteiger partial charge in [-0.05, 0) is 43.6 Å². The van der Waals surface area contributed by atoms with E-state index in [9.17, 15) is 4.79 Å². The molecule has 0 aromatic carbocycles. The van der Waals surface area contributed by atoms with Gasteiger partial charge in [-0.25, -0.2) is 14.8 Å². The van der Waals surface area contributed by atoms with Crippen molar-refractivity contribution in [2.75, 3.05) is 5.32 Å². The van der Waals surface area contributed by atoms with Crippen LogP contribution in [0.15, 0.2) is 10.8 Å². The molecule has 0 radical (unpaired) electrons. The Morgan fingerprint density at radius 2 is 2.12 bits per heavy atom. The number of aryl methyl sites for hydroxylation is 1. The number of ether oxygens (including phenoxy) is 1. The topological polar surface area (TPSA) is 64.1 Å². The van der Waals surface area contributed by atoms with Crippen LogP contribution in [-0.2, 0) is 4.74 Å². The first-order chi connectivity index (χ1) is 7.28. The first-order valence-electron chi connectivity index (χ1n) is 4.77. The Balaban J connectivity index is 2.70. The summed E-state index contributed by atoms with van der Waals surface area (Å²) in [6.45, 7) is 7.15. The smallest absolute Gasteiger partial charge is 0.413 e. The Morgan fingerprint density at radius 3 is 2.62 bits per heavy atom. The van der Waals surface area contributed by atoms with Crippen LogP contribution in [0.3, 0.4) is 0 Å². The Morgan fingerprint density at radius 1 is 1.50 bits per heavy atom. The summed E-state index contributed by atoms with van der Waals surface area (Å²) in [6.07, 6.45) is 0.979. The minimum Gasteiger partial charge on any atom is -0.444 e. The van der Waals surface area contributed by atoms with Gasteiger partial charge in [0.1, 0.15) is 10.2 Å². The Hall–Kier alpha value is -1.17. The average molecular weight is 288 g/mol. The molecule has 0 spiro atoms. The number of carbonyl (C=O) groups excluding carboxylic acids is 1. The molecule has 0 aliphatic heterocycles. The highest BCUT2D eigenvalue weighted by molar-refractivity contribution is 9.10. The molecule has 6 heteroatoms. The fourth-order valence-electron chi connectivity index (χ4n) is 0.976. The predicted octanol–water partition coefficient (Wildman–Crippen LogP) is 2.89. The van der Waals surface area contributed by atoms with E-state index in [-0.39, 0.29) is 0 Å². The van der Waals surface area contributed by atoms with Crippen molar-refractivity contribution in [3.8, 4) is 0 Å². The summed E-state index contributed by atoms with van der Waals surface area (Å²) in [5.41, 5.74) is 0.0982. The number of hydrogen-bond acceptors (Lipinski definition) is 4. The molecular weight excluding hydrogens is 274 g/mol. The standard InChI is InChI=1S/C10H14BrN3O2/c1-6-8(12-5-7(11)13-6)14-9(15)16-10(2,3)4/h5H,1-4H3,(H,12,14,15). The first-order valence-corrected chi connectivity index (χ1v) is 5.56. The van der Waals surface area contributed by atoms with Gasteiger partial charge in [0.25, 0.3) is 0 Å². The van der Waals surface area contributed by atoms with Crippen molar-refractivity contribution in [1.29, 1.82) is 0 Å². The van der Waals surface area contributed by atoms with E-state index >= 15 is 0 Å². The van der Waals surface area contributed by atoms with Gasteiger partial charge in [0.15, 0.2) is 5.82 Å². The molecule has 0 bridgehead atoms. The maximum Gasteiger partial charge on any atom is 0.413 e. The molecular formula is C10H14BrN3O2. The van der Waals surface area contributed by atoms with Crippen molar-refractivity contribution in [3.05, 3.63) is 16.5 Å². The summed E-state index contributed by atoms with van der Waals surface area (Å²) in [5, 5.41) is 2.54. The Labute approximate surface area is 103 Å². The van der Waals surface area contributed by atoms with E-state index < -0.39 is 11.7 Å². The van der Waals surface area contributed by atoms with Crippen LogP contribution in [0.1, 0.15) is 26.5 Å². The Kier molecular flexibility index (Phi) is 3.85. The number of rotatable bonds is 1. The summed E-state index contributed by atoms with van der Waals surface area (Å²) in [7, 11) is 0. The van der Waals surface area contributed by atoms with Gasteiger partial charge >= 0.3 is 6.09 Å². The van der Waals surface area contributed by atoms with Crippen LogP contribution in [0.5, 0.6) is 0 Å². The second-order valence-corrected chi connectivity index (χ2v) is 5.07. The average Bonchev–Trinajstić information content (AvgIpc) is 2.06. The third-order valence-electron chi connectivity index (χ3n) is 1.54. The second kappa shape index (κ2) is 4.78. The van der Waals surface area contributed by atoms with E-state index in [2.05, 4.69) is 31.2 Å². The maximum absolute atomic E-state index is 11.5. The summed E-state index contributed by atoms with van der Waals surface area (Å²) in [5.74, 6) is 0.400. The lowest BCUT2D eigenvalue weighted by Crippen LogP contribution is -2.27. The third-order valence-corrected chi connectivity index (χ3v) is 1.92. The predicted molar refractivity (Wildman–Crippen MR) is 64.3 cm³/mol. The lowest BCUT2D eigenvalue weighted by molar-refractivity contribution is 0.0635. The van der Waals surface area contributed by atoms with E-state index in [0.717, 1.165) is 0 Å². The third kappa shape index (κ3) is 4.14. The molecule has 5 nitrogen and oxygen atoms in total. The maximum atomic E-state index is 11.5. The van der Waals surface area contributed by atoms with E-state index in [4.69, 9.17) is 4.74 Å². The van der Waals surface area contributed by atoms with Crippen molar-refractivity contribution in [1.82, 2.24) is 9.97 Å². The first kappa shape index (κ1) is 12.9. The lowest BCUT2D eigenvalue weighted by Gasteiger charge is -2.19. The monoisotopic (exact) mass is 287 g/mol. The van der Waals surface area contributed by atoms with Gasteiger partial charge in [-0.3, -0.25) is 5.32 Å². The zero-order valence-electron chi connectivity index (χ0n) is 9.67. The lowest BCUT2D eigenvalue weighted by atomic mass is 10.2. The molecule has 1 amide bonds. The number of halogens is 1. The second-order valence-electron chi connectivity index (χ2n) is 4.25. The number of nitrogens with zero attached hydrogens (tertiary/aromatic N) is 2. The highest BCUT2D eigenvalue weighted by Gasteiger charge is 2.17. The van der Waals surface area contributed by atoms with Gasteiger partial charge in [0, 0.05) is 0 Å². The number of amides is 1. The normalized spacial score (nSPS) is 11.1. The van der Waals surface area contributed by atoms with Gasteiger partial charge in [-0.1, -0.05) is 0 Å². The molecule has 0 atom stereocenters. The van der Waals surface area contributed by atoms with E-state index in [1.54, 1.807) is 27.7 Å². The van der Waals surface area contributed by atoms with Crippen LogP contribution in [-0.4, -0.2) is 21.7 Å². The number of carbonyl (C=O) groups is 1. The fraction of sp³-hybridized carbons (Fsp3) is 0.500. The van der Waals surface area contributed by atoms with Gasteiger partial charge in [0.05, 0.1) is 11.9 Å². The van der Waals surface area contributed by atoms with Crippen LogP contribution in [0, 0.1) is 6.92 Å². The van der Waals surface area contributed by atoms with Gasteiger partial charge in [0.2, 0.25) is 0 Å². The molecule has 0 fully saturated rings. The SMILES string of the molecule is Cc1nc(Br)cnc1NC(=O)OC(C)(C)C.